The van der Waals surface area contributed by atoms with Gasteiger partial charge in [-0.1, -0.05) is 78.5 Å². The fourth-order valence-electron chi connectivity index (χ4n) is 5.51. The Morgan fingerprint density at radius 3 is 2.53 bits per heavy atom. The van der Waals surface area contributed by atoms with Crippen molar-refractivity contribution in [2.24, 2.45) is 11.8 Å². The minimum Gasteiger partial charge on any atom is -0.246 e. The van der Waals surface area contributed by atoms with Crippen molar-refractivity contribution in [3.05, 3.63) is 111 Å². The van der Waals surface area contributed by atoms with E-state index >= 15 is 0 Å². The zero-order valence-corrected chi connectivity index (χ0v) is 25.4. The summed E-state index contributed by atoms with van der Waals surface area (Å²) in [5.41, 5.74) is 9.82. The fourth-order valence-corrected chi connectivity index (χ4v) is 6.38. The molecule has 0 N–H and O–H groups in total. The predicted octanol–water partition coefficient (Wildman–Crippen LogP) is 11.1. The van der Waals surface area contributed by atoms with Crippen LogP contribution >= 0.6 is 11.3 Å². The second kappa shape index (κ2) is 13.9. The molecule has 0 saturated carbocycles. The fraction of sp³-hybridized carbons (Fsp3) is 0.417. The van der Waals surface area contributed by atoms with Crippen molar-refractivity contribution < 1.29 is 0 Å². The SMILES string of the molecule is C=C(C)CCC(c1ccc(C)c(/C=C\C(=C)c2sc(C)nc2C)c1)C(/C=C(\C)C(=C)C)C1CC=CCCC1. The molecule has 1 aliphatic rings. The highest BCUT2D eigenvalue weighted by Gasteiger charge is 2.29. The summed E-state index contributed by atoms with van der Waals surface area (Å²) in [5.74, 6) is 1.53. The molecule has 2 aromatic rings. The highest BCUT2D eigenvalue weighted by Crippen LogP contribution is 2.42. The normalized spacial score (nSPS) is 17.8. The van der Waals surface area contributed by atoms with E-state index < -0.39 is 0 Å². The Morgan fingerprint density at radius 1 is 1.11 bits per heavy atom. The number of allylic oxidation sites excluding steroid dienone is 8. The van der Waals surface area contributed by atoms with E-state index in [1.165, 1.54) is 52.0 Å². The molecule has 0 spiro atoms. The van der Waals surface area contributed by atoms with E-state index in [1.54, 1.807) is 11.3 Å². The van der Waals surface area contributed by atoms with Crippen LogP contribution in [0.3, 0.4) is 0 Å². The summed E-state index contributed by atoms with van der Waals surface area (Å²) in [6.07, 6.45) is 18.8. The average molecular weight is 526 g/mol. The first-order valence-corrected chi connectivity index (χ1v) is 14.9. The molecule has 0 saturated heterocycles. The molecular weight excluding hydrogens is 478 g/mol. The van der Waals surface area contributed by atoms with E-state index in [-0.39, 0.29) is 0 Å². The van der Waals surface area contributed by atoms with Gasteiger partial charge in [0.2, 0.25) is 0 Å². The number of hydrogen-bond donors (Lipinski definition) is 0. The van der Waals surface area contributed by atoms with Gasteiger partial charge in [0, 0.05) is 0 Å². The summed E-state index contributed by atoms with van der Waals surface area (Å²) in [6, 6.07) is 7.09. The first kappa shape index (κ1) is 29.8. The third-order valence-corrected chi connectivity index (χ3v) is 9.10. The largest absolute Gasteiger partial charge is 0.246 e. The molecule has 1 aromatic heterocycles. The van der Waals surface area contributed by atoms with Crippen LogP contribution in [-0.2, 0) is 0 Å². The number of benzene rings is 1. The number of rotatable bonds is 11. The quantitative estimate of drug-likeness (QED) is 0.210. The van der Waals surface area contributed by atoms with E-state index in [4.69, 9.17) is 0 Å². The summed E-state index contributed by atoms with van der Waals surface area (Å²) in [7, 11) is 0. The highest BCUT2D eigenvalue weighted by molar-refractivity contribution is 7.12. The number of hydrogen-bond acceptors (Lipinski definition) is 2. The molecule has 0 bridgehead atoms. The molecule has 1 nitrogen and oxygen atoms in total. The predicted molar refractivity (Wildman–Crippen MR) is 171 cm³/mol. The molecule has 3 atom stereocenters. The van der Waals surface area contributed by atoms with Gasteiger partial charge in [0.15, 0.2) is 0 Å². The lowest BCUT2D eigenvalue weighted by Gasteiger charge is -2.33. The highest BCUT2D eigenvalue weighted by atomic mass is 32.1. The molecule has 0 radical (unpaired) electrons. The van der Waals surface area contributed by atoms with Gasteiger partial charge in [0.1, 0.15) is 0 Å². The van der Waals surface area contributed by atoms with Crippen LogP contribution < -0.4 is 0 Å². The molecule has 1 heterocycles. The van der Waals surface area contributed by atoms with E-state index in [0.717, 1.165) is 41.1 Å². The third kappa shape index (κ3) is 8.14. The zero-order valence-electron chi connectivity index (χ0n) is 24.6. The van der Waals surface area contributed by atoms with Crippen molar-refractivity contribution in [2.75, 3.05) is 0 Å². The molecule has 202 valence electrons. The monoisotopic (exact) mass is 525 g/mol. The van der Waals surface area contributed by atoms with Crippen LogP contribution in [0.1, 0.15) is 97.5 Å². The molecule has 1 aliphatic carbocycles. The van der Waals surface area contributed by atoms with Gasteiger partial charge in [0.25, 0.3) is 0 Å². The first-order valence-electron chi connectivity index (χ1n) is 14.1. The van der Waals surface area contributed by atoms with Gasteiger partial charge in [-0.15, -0.1) is 17.9 Å². The summed E-state index contributed by atoms with van der Waals surface area (Å²) < 4.78 is 0. The van der Waals surface area contributed by atoms with Crippen molar-refractivity contribution in [2.45, 2.75) is 86.0 Å². The Balaban J connectivity index is 2.03. The zero-order chi connectivity index (χ0) is 27.8. The lowest BCUT2D eigenvalue weighted by Crippen LogP contribution is -2.21. The Hall–Kier alpha value is -2.71. The molecule has 0 amide bonds. The Morgan fingerprint density at radius 2 is 1.87 bits per heavy atom. The molecule has 3 rings (SSSR count). The van der Waals surface area contributed by atoms with Crippen LogP contribution in [0.15, 0.2) is 79.0 Å². The topological polar surface area (TPSA) is 12.9 Å². The van der Waals surface area contributed by atoms with E-state index in [2.05, 4.69) is 115 Å². The number of nitrogens with zero attached hydrogens (tertiary/aromatic N) is 1. The van der Waals surface area contributed by atoms with E-state index in [9.17, 15) is 0 Å². The molecule has 38 heavy (non-hydrogen) atoms. The molecule has 1 aromatic carbocycles. The summed E-state index contributed by atoms with van der Waals surface area (Å²) in [4.78, 5) is 5.76. The third-order valence-electron chi connectivity index (χ3n) is 7.95. The second-order valence-corrected chi connectivity index (χ2v) is 12.5. The van der Waals surface area contributed by atoms with Crippen LogP contribution in [0, 0.1) is 32.6 Å². The van der Waals surface area contributed by atoms with Crippen molar-refractivity contribution in [1.29, 1.82) is 0 Å². The minimum absolute atomic E-state index is 0.430. The van der Waals surface area contributed by atoms with E-state index in [0.29, 0.717) is 17.8 Å². The first-order chi connectivity index (χ1) is 18.1. The van der Waals surface area contributed by atoms with Crippen molar-refractivity contribution in [3.8, 4) is 0 Å². The van der Waals surface area contributed by atoms with Crippen LogP contribution in [-0.4, -0.2) is 4.98 Å². The number of thiazole rings is 1. The van der Waals surface area contributed by atoms with Gasteiger partial charge < -0.3 is 0 Å². The lowest BCUT2D eigenvalue weighted by atomic mass is 9.71. The summed E-state index contributed by atoms with van der Waals surface area (Å²) in [6.45, 7) is 25.7. The molecule has 2 heteroatoms. The maximum atomic E-state index is 4.58. The van der Waals surface area contributed by atoms with Crippen molar-refractivity contribution >= 4 is 23.0 Å². The Labute approximate surface area is 236 Å². The van der Waals surface area contributed by atoms with Gasteiger partial charge in [-0.05, 0) is 120 Å². The Kier molecular flexibility index (Phi) is 10.9. The van der Waals surface area contributed by atoms with Gasteiger partial charge >= 0.3 is 0 Å². The number of aryl methyl sites for hydroxylation is 3. The number of aromatic nitrogens is 1. The molecule has 3 unspecified atom stereocenters. The van der Waals surface area contributed by atoms with Crippen LogP contribution in [0.4, 0.5) is 0 Å². The van der Waals surface area contributed by atoms with Gasteiger partial charge in [-0.25, -0.2) is 4.98 Å². The Bertz CT molecular complexity index is 1250. The van der Waals surface area contributed by atoms with Gasteiger partial charge in [-0.2, -0.15) is 0 Å². The summed E-state index contributed by atoms with van der Waals surface area (Å²) >= 11 is 1.72. The van der Waals surface area contributed by atoms with Crippen LogP contribution in [0.5, 0.6) is 0 Å². The van der Waals surface area contributed by atoms with E-state index in [1.807, 2.05) is 0 Å². The molecular formula is C36H47NS. The molecule has 0 fully saturated rings. The van der Waals surface area contributed by atoms with Gasteiger partial charge in [-0.3, -0.25) is 0 Å². The molecule has 0 aliphatic heterocycles. The van der Waals surface area contributed by atoms with Gasteiger partial charge in [0.05, 0.1) is 15.6 Å². The minimum atomic E-state index is 0.430. The standard InChI is InChI=1S/C36H47NS/c1-24(2)16-21-34(35(22-28(7)25(3)4)31-14-12-10-11-13-15-31)33-20-17-26(5)32(23-33)19-18-27(6)36-29(8)37-30(9)38-36/h10,12,17-20,22-23,31,34-35H,1,3,6,11,13-16,21H2,2,4-5,7-9H3/b19-18-,28-22+. The second-order valence-electron chi connectivity index (χ2n) is 11.3. The van der Waals surface area contributed by atoms with Crippen molar-refractivity contribution in [1.82, 2.24) is 4.98 Å². The maximum Gasteiger partial charge on any atom is 0.0903 e. The maximum absolute atomic E-state index is 4.58. The van der Waals surface area contributed by atoms with Crippen LogP contribution in [0.2, 0.25) is 0 Å². The van der Waals surface area contributed by atoms with Crippen molar-refractivity contribution in [3.63, 3.8) is 0 Å². The smallest absolute Gasteiger partial charge is 0.0903 e. The average Bonchev–Trinajstić information content (AvgIpc) is 3.04. The van der Waals surface area contributed by atoms with Crippen LogP contribution in [0.25, 0.3) is 11.6 Å². The summed E-state index contributed by atoms with van der Waals surface area (Å²) in [5, 5.41) is 1.09. The lowest BCUT2D eigenvalue weighted by molar-refractivity contribution is 0.308.